The van der Waals surface area contributed by atoms with E-state index in [0.717, 1.165) is 12.2 Å². The van der Waals surface area contributed by atoms with E-state index in [2.05, 4.69) is 4.98 Å². The number of rotatable bonds is 2. The van der Waals surface area contributed by atoms with Crippen molar-refractivity contribution in [2.24, 2.45) is 0 Å². The van der Waals surface area contributed by atoms with Gasteiger partial charge in [0.1, 0.15) is 0 Å². The maximum absolute atomic E-state index is 11.9. The van der Waals surface area contributed by atoms with Gasteiger partial charge >= 0.3 is 6.03 Å². The molecular weight excluding hydrogens is 190 g/mol. The van der Waals surface area contributed by atoms with Gasteiger partial charge in [0.25, 0.3) is 0 Å². The van der Waals surface area contributed by atoms with Crippen LogP contribution in [0.5, 0.6) is 0 Å². The van der Waals surface area contributed by atoms with Gasteiger partial charge in [-0.3, -0.25) is 0 Å². The zero-order valence-corrected chi connectivity index (χ0v) is 9.40. The Kier molecular flexibility index (Phi) is 2.42. The van der Waals surface area contributed by atoms with Crippen LogP contribution in [-0.4, -0.2) is 40.4 Å². The van der Waals surface area contributed by atoms with Crippen LogP contribution in [0.1, 0.15) is 25.6 Å². The first kappa shape index (κ1) is 10.1. The summed E-state index contributed by atoms with van der Waals surface area (Å²) in [4.78, 5) is 18.8. The molecule has 1 unspecified atom stereocenters. The number of hydrogen-bond acceptors (Lipinski definition) is 1. The summed E-state index contributed by atoms with van der Waals surface area (Å²) in [5.74, 6) is 0. The van der Waals surface area contributed by atoms with E-state index in [1.165, 1.54) is 0 Å². The summed E-state index contributed by atoms with van der Waals surface area (Å²) in [6.07, 6.45) is 1.89. The lowest BCUT2D eigenvalue weighted by molar-refractivity contribution is 0.187. The fourth-order valence-electron chi connectivity index (χ4n) is 2.01. The first-order chi connectivity index (χ1) is 7.11. The molecule has 4 nitrogen and oxygen atoms in total. The predicted octanol–water partition coefficient (Wildman–Crippen LogP) is 1.83. The number of aromatic nitrogens is 1. The minimum absolute atomic E-state index is 0.115. The van der Waals surface area contributed by atoms with Crippen molar-refractivity contribution in [3.8, 4) is 0 Å². The molecule has 1 aromatic heterocycles. The Morgan fingerprint density at radius 2 is 2.27 bits per heavy atom. The van der Waals surface area contributed by atoms with E-state index in [-0.39, 0.29) is 18.1 Å². The largest absolute Gasteiger partial charge is 0.363 e. The molecule has 2 rings (SSSR count). The third-order valence-electron chi connectivity index (χ3n) is 2.99. The van der Waals surface area contributed by atoms with Crippen molar-refractivity contribution in [2.75, 3.05) is 13.6 Å². The summed E-state index contributed by atoms with van der Waals surface area (Å²) in [6.45, 7) is 4.86. The molecule has 1 fully saturated rings. The highest BCUT2D eigenvalue weighted by Crippen LogP contribution is 2.27. The highest BCUT2D eigenvalue weighted by molar-refractivity contribution is 5.77. The van der Waals surface area contributed by atoms with E-state index in [9.17, 15) is 4.79 Å². The van der Waals surface area contributed by atoms with Gasteiger partial charge in [0.15, 0.2) is 0 Å². The number of aromatic amines is 1. The molecule has 0 spiro atoms. The normalized spacial score (nSPS) is 21.9. The first-order valence-electron chi connectivity index (χ1n) is 5.28. The molecule has 15 heavy (non-hydrogen) atoms. The van der Waals surface area contributed by atoms with Gasteiger partial charge in [-0.2, -0.15) is 0 Å². The third kappa shape index (κ3) is 1.60. The second-order valence-corrected chi connectivity index (χ2v) is 4.28. The molecule has 0 radical (unpaired) electrons. The zero-order chi connectivity index (χ0) is 11.0. The van der Waals surface area contributed by atoms with Crippen molar-refractivity contribution < 1.29 is 4.79 Å². The van der Waals surface area contributed by atoms with Crippen molar-refractivity contribution in [1.29, 1.82) is 0 Å². The second-order valence-electron chi connectivity index (χ2n) is 4.28. The van der Waals surface area contributed by atoms with E-state index in [0.29, 0.717) is 0 Å². The molecule has 4 heteroatoms. The lowest BCUT2D eigenvalue weighted by Crippen LogP contribution is -2.34. The number of likely N-dealkylation sites (N-methyl/N-ethyl adjacent to an activating group) is 1. The number of hydrogen-bond donors (Lipinski definition) is 1. The maximum Gasteiger partial charge on any atom is 0.320 e. The summed E-state index contributed by atoms with van der Waals surface area (Å²) in [6, 6.07) is 4.53. The van der Waals surface area contributed by atoms with Crippen LogP contribution >= 0.6 is 0 Å². The number of H-pyrrole nitrogens is 1. The van der Waals surface area contributed by atoms with Gasteiger partial charge in [0.2, 0.25) is 0 Å². The molecule has 2 amide bonds. The summed E-state index contributed by atoms with van der Waals surface area (Å²) in [7, 11) is 1.86. The fraction of sp³-hybridized carbons (Fsp3) is 0.545. The average molecular weight is 207 g/mol. The molecule has 1 N–H and O–H groups in total. The Labute approximate surface area is 89.9 Å². The number of carbonyl (C=O) groups excluding carboxylic acids is 1. The summed E-state index contributed by atoms with van der Waals surface area (Å²) < 4.78 is 0. The monoisotopic (exact) mass is 207 g/mol. The Morgan fingerprint density at radius 1 is 1.53 bits per heavy atom. The molecule has 1 aliphatic rings. The van der Waals surface area contributed by atoms with E-state index in [1.807, 2.05) is 44.1 Å². The van der Waals surface area contributed by atoms with Gasteiger partial charge in [0, 0.05) is 31.5 Å². The van der Waals surface area contributed by atoms with Crippen molar-refractivity contribution in [3.63, 3.8) is 0 Å². The third-order valence-corrected chi connectivity index (χ3v) is 2.99. The lowest BCUT2D eigenvalue weighted by atomic mass is 10.2. The van der Waals surface area contributed by atoms with Crippen LogP contribution < -0.4 is 0 Å². The van der Waals surface area contributed by atoms with E-state index in [4.69, 9.17) is 0 Å². The summed E-state index contributed by atoms with van der Waals surface area (Å²) in [5, 5.41) is 0. The molecule has 0 aromatic carbocycles. The van der Waals surface area contributed by atoms with Crippen LogP contribution in [0.25, 0.3) is 0 Å². The molecule has 82 valence electrons. The smallest absolute Gasteiger partial charge is 0.320 e. The van der Waals surface area contributed by atoms with Crippen LogP contribution in [0.4, 0.5) is 4.79 Å². The highest BCUT2D eigenvalue weighted by atomic mass is 16.2. The number of urea groups is 1. The molecule has 1 aromatic rings. The van der Waals surface area contributed by atoms with Crippen LogP contribution in [0.2, 0.25) is 0 Å². The zero-order valence-electron chi connectivity index (χ0n) is 9.40. The Hall–Kier alpha value is -1.45. The molecule has 0 bridgehead atoms. The first-order valence-corrected chi connectivity index (χ1v) is 5.28. The second kappa shape index (κ2) is 3.61. The summed E-state index contributed by atoms with van der Waals surface area (Å²) >= 11 is 0. The van der Waals surface area contributed by atoms with Crippen molar-refractivity contribution in [2.45, 2.75) is 25.9 Å². The van der Waals surface area contributed by atoms with Gasteiger partial charge in [-0.1, -0.05) is 0 Å². The van der Waals surface area contributed by atoms with E-state index in [1.54, 1.807) is 4.90 Å². The number of nitrogens with zero attached hydrogens (tertiary/aromatic N) is 2. The number of carbonyl (C=O) groups is 1. The molecule has 1 atom stereocenters. The van der Waals surface area contributed by atoms with Crippen LogP contribution in [0.3, 0.4) is 0 Å². The van der Waals surface area contributed by atoms with Gasteiger partial charge in [-0.15, -0.1) is 0 Å². The average Bonchev–Trinajstić information content (AvgIpc) is 2.77. The van der Waals surface area contributed by atoms with Gasteiger partial charge < -0.3 is 14.8 Å². The van der Waals surface area contributed by atoms with Crippen LogP contribution in [0, 0.1) is 0 Å². The molecule has 1 aliphatic heterocycles. The van der Waals surface area contributed by atoms with Crippen molar-refractivity contribution in [3.05, 3.63) is 24.0 Å². The highest BCUT2D eigenvalue weighted by Gasteiger charge is 2.36. The van der Waals surface area contributed by atoms with Crippen LogP contribution in [-0.2, 0) is 0 Å². The number of amides is 2. The Balaban J connectivity index is 2.21. The van der Waals surface area contributed by atoms with Crippen molar-refractivity contribution >= 4 is 6.03 Å². The van der Waals surface area contributed by atoms with Gasteiger partial charge in [-0.25, -0.2) is 4.79 Å². The summed E-state index contributed by atoms with van der Waals surface area (Å²) in [5.41, 5.74) is 1.11. The molecular formula is C11H17N3O. The molecule has 0 saturated carbocycles. The van der Waals surface area contributed by atoms with E-state index < -0.39 is 0 Å². The number of nitrogens with one attached hydrogen (secondary N) is 1. The topological polar surface area (TPSA) is 39.3 Å². The molecule has 0 aliphatic carbocycles. The van der Waals surface area contributed by atoms with Gasteiger partial charge in [-0.05, 0) is 26.0 Å². The SMILES string of the molecule is CC(C)N1CC(c2ccc[nH]2)N(C)C1=O. The van der Waals surface area contributed by atoms with Crippen molar-refractivity contribution in [1.82, 2.24) is 14.8 Å². The fourth-order valence-corrected chi connectivity index (χ4v) is 2.01. The van der Waals surface area contributed by atoms with Gasteiger partial charge in [0.05, 0.1) is 6.04 Å². The Morgan fingerprint density at radius 3 is 2.73 bits per heavy atom. The standard InChI is InChI=1S/C11H17N3O/c1-8(2)14-7-10(13(3)11(14)15)9-5-4-6-12-9/h4-6,8,10,12H,7H2,1-3H3. The maximum atomic E-state index is 11.9. The molecule has 2 heterocycles. The predicted molar refractivity (Wildman–Crippen MR) is 58.5 cm³/mol. The Bertz CT molecular complexity index is 345. The minimum atomic E-state index is 0.115. The van der Waals surface area contributed by atoms with Crippen LogP contribution in [0.15, 0.2) is 18.3 Å². The van der Waals surface area contributed by atoms with E-state index >= 15 is 0 Å². The molecule has 1 saturated heterocycles. The lowest BCUT2D eigenvalue weighted by Gasteiger charge is -2.19. The minimum Gasteiger partial charge on any atom is -0.363 e. The quantitative estimate of drug-likeness (QED) is 0.789.